The van der Waals surface area contributed by atoms with Crippen molar-refractivity contribution >= 4 is 23.6 Å². The van der Waals surface area contributed by atoms with Crippen LogP contribution in [-0.2, 0) is 37.0 Å². The fourth-order valence-corrected chi connectivity index (χ4v) is 5.84. The van der Waals surface area contributed by atoms with Gasteiger partial charge in [0.05, 0.1) is 23.8 Å². The van der Waals surface area contributed by atoms with Crippen molar-refractivity contribution in [3.63, 3.8) is 0 Å². The molecule has 1 amide bonds. The molecule has 1 aliphatic rings. The summed E-state index contributed by atoms with van der Waals surface area (Å²) in [5.74, 6) is -0.0987. The first kappa shape index (κ1) is 31.4. The van der Waals surface area contributed by atoms with Crippen molar-refractivity contribution in [3.05, 3.63) is 119 Å². The van der Waals surface area contributed by atoms with Gasteiger partial charge in [-0.25, -0.2) is 4.98 Å². The zero-order valence-corrected chi connectivity index (χ0v) is 25.5. The molecule has 5 rings (SSSR count). The molecule has 1 aliphatic heterocycles. The van der Waals surface area contributed by atoms with Crippen LogP contribution in [-0.4, -0.2) is 39.9 Å². The van der Waals surface area contributed by atoms with Crippen molar-refractivity contribution in [2.24, 2.45) is 0 Å². The number of nitrogens with zero attached hydrogens (tertiary/aromatic N) is 1. The molecule has 4 unspecified atom stereocenters. The Hall–Kier alpha value is -4.02. The molecule has 9 heteroatoms. The molecule has 4 atom stereocenters. The summed E-state index contributed by atoms with van der Waals surface area (Å²) in [4.78, 5) is 27.8. The second-order valence-corrected chi connectivity index (χ2v) is 11.7. The number of esters is 1. The van der Waals surface area contributed by atoms with Gasteiger partial charge in [-0.1, -0.05) is 72.8 Å². The summed E-state index contributed by atoms with van der Waals surface area (Å²) >= 11 is 1.67. The summed E-state index contributed by atoms with van der Waals surface area (Å²) in [6.45, 7) is 3.14. The predicted molar refractivity (Wildman–Crippen MR) is 168 cm³/mol. The quantitative estimate of drug-likeness (QED) is 0.154. The number of rotatable bonds is 11. The minimum absolute atomic E-state index is 0.0000612. The average molecular weight is 613 g/mol. The number of nitrogens with one attached hydrogen (secondary N) is 1. The van der Waals surface area contributed by atoms with Crippen molar-refractivity contribution in [1.29, 1.82) is 0 Å². The lowest BCUT2D eigenvalue weighted by Gasteiger charge is -2.36. The number of hydrogen-bond donors (Lipinski definition) is 2. The minimum Gasteiger partial charge on any atom is -0.453 e. The molecule has 1 fully saturated rings. The van der Waals surface area contributed by atoms with Gasteiger partial charge in [0.15, 0.2) is 12.4 Å². The summed E-state index contributed by atoms with van der Waals surface area (Å²) in [6.07, 6.45) is 0.886. The van der Waals surface area contributed by atoms with E-state index in [9.17, 15) is 14.7 Å². The van der Waals surface area contributed by atoms with Crippen LogP contribution in [0.3, 0.4) is 0 Å². The third kappa shape index (κ3) is 8.54. The van der Waals surface area contributed by atoms with E-state index < -0.39 is 18.4 Å². The highest BCUT2D eigenvalue weighted by Crippen LogP contribution is 2.39. The number of ether oxygens (including phenoxy) is 3. The molecule has 0 radical (unpaired) electrons. The Labute approximate surface area is 261 Å². The molecule has 3 aromatic carbocycles. The maximum Gasteiger partial charge on any atom is 0.303 e. The molecule has 1 aromatic heterocycles. The fourth-order valence-electron chi connectivity index (χ4n) is 4.96. The molecular weight excluding hydrogens is 576 g/mol. The van der Waals surface area contributed by atoms with E-state index in [1.165, 1.54) is 6.92 Å². The number of benzene rings is 3. The molecule has 2 N–H and O–H groups in total. The van der Waals surface area contributed by atoms with Gasteiger partial charge in [-0.3, -0.25) is 9.59 Å². The Morgan fingerprint density at radius 1 is 0.955 bits per heavy atom. The number of carbonyl (C=O) groups excluding carboxylic acids is 2. The molecule has 2 heterocycles. The molecule has 8 nitrogen and oxygen atoms in total. The van der Waals surface area contributed by atoms with Gasteiger partial charge in [0.2, 0.25) is 0 Å². The molecular formula is C35H36N2O6S. The van der Waals surface area contributed by atoms with Crippen LogP contribution in [0.25, 0.3) is 11.1 Å². The molecule has 0 saturated carbocycles. The van der Waals surface area contributed by atoms with Crippen LogP contribution in [0.2, 0.25) is 0 Å². The topological polar surface area (TPSA) is 107 Å². The van der Waals surface area contributed by atoms with Crippen molar-refractivity contribution in [2.45, 2.75) is 63.0 Å². The van der Waals surface area contributed by atoms with Crippen molar-refractivity contribution in [1.82, 2.24) is 10.3 Å². The van der Waals surface area contributed by atoms with Gasteiger partial charge in [0.25, 0.3) is 5.91 Å². The number of thioether (sulfide) groups is 1. The van der Waals surface area contributed by atoms with Crippen LogP contribution in [0.1, 0.15) is 54.9 Å². The van der Waals surface area contributed by atoms with Crippen molar-refractivity contribution < 1.29 is 28.9 Å². The van der Waals surface area contributed by atoms with Crippen molar-refractivity contribution in [2.75, 3.05) is 5.75 Å². The summed E-state index contributed by atoms with van der Waals surface area (Å²) in [5, 5.41) is 13.2. The van der Waals surface area contributed by atoms with Crippen LogP contribution < -0.4 is 5.32 Å². The first-order valence-corrected chi connectivity index (χ1v) is 15.5. The van der Waals surface area contributed by atoms with Crippen LogP contribution in [0.5, 0.6) is 0 Å². The number of aliphatic hydroxyl groups excluding tert-OH is 1. The van der Waals surface area contributed by atoms with Gasteiger partial charge < -0.3 is 24.6 Å². The largest absolute Gasteiger partial charge is 0.453 e. The Balaban J connectivity index is 1.28. The molecule has 0 spiro atoms. The first-order chi connectivity index (χ1) is 21.4. The smallest absolute Gasteiger partial charge is 0.303 e. The van der Waals surface area contributed by atoms with Gasteiger partial charge in [0.1, 0.15) is 0 Å². The van der Waals surface area contributed by atoms with E-state index in [2.05, 4.69) is 10.3 Å². The van der Waals surface area contributed by atoms with E-state index in [1.807, 2.05) is 91.0 Å². The number of pyridine rings is 1. The second kappa shape index (κ2) is 15.1. The fraction of sp³-hybridized carbons (Fsp3) is 0.286. The first-order valence-electron chi connectivity index (χ1n) is 14.6. The SMILES string of the molecule is CC(=O)OC(C)C(=O)NCc1cccc(-c2ccc(C3OC(CSc4ccccn4)CC(c4ccc(CO)cc4)O3)cc2)c1. The number of aliphatic hydroxyl groups is 1. The van der Waals surface area contributed by atoms with Crippen LogP contribution in [0, 0.1) is 0 Å². The molecule has 0 aliphatic carbocycles. The normalized spacial score (nSPS) is 18.8. The van der Waals surface area contributed by atoms with E-state index in [0.717, 1.165) is 44.2 Å². The Bertz CT molecular complexity index is 1530. The molecule has 4 aromatic rings. The molecule has 228 valence electrons. The third-order valence-electron chi connectivity index (χ3n) is 7.29. The second-order valence-electron chi connectivity index (χ2n) is 10.6. The predicted octanol–water partition coefficient (Wildman–Crippen LogP) is 6.15. The molecule has 0 bridgehead atoms. The van der Waals surface area contributed by atoms with Gasteiger partial charge in [-0.05, 0) is 52.9 Å². The summed E-state index contributed by atoms with van der Waals surface area (Å²) in [7, 11) is 0. The lowest BCUT2D eigenvalue weighted by Crippen LogP contribution is -2.35. The zero-order chi connectivity index (χ0) is 30.9. The average Bonchev–Trinajstić information content (AvgIpc) is 3.06. The van der Waals surface area contributed by atoms with Gasteiger partial charge in [-0.2, -0.15) is 0 Å². The van der Waals surface area contributed by atoms with Crippen LogP contribution in [0.4, 0.5) is 0 Å². The van der Waals surface area contributed by atoms with Crippen LogP contribution >= 0.6 is 11.8 Å². The number of amides is 1. The monoisotopic (exact) mass is 612 g/mol. The van der Waals surface area contributed by atoms with Gasteiger partial charge in [-0.15, -0.1) is 11.8 Å². The number of aromatic nitrogens is 1. The highest BCUT2D eigenvalue weighted by Gasteiger charge is 2.32. The standard InChI is InChI=1S/C35H36N2O6S/c1-23(41-24(2)39)34(40)37-20-26-6-5-7-30(18-26)27-13-15-29(16-14-27)35-42-31(22-44-33-8-3-4-17-36-33)19-32(43-35)28-11-9-25(21-38)10-12-28/h3-18,23,31-32,35,38H,19-22H2,1-2H3,(H,37,40). The van der Waals surface area contributed by atoms with E-state index in [0.29, 0.717) is 13.0 Å². The Morgan fingerprint density at radius 3 is 2.43 bits per heavy atom. The summed E-state index contributed by atoms with van der Waals surface area (Å²) in [6, 6.07) is 29.8. The summed E-state index contributed by atoms with van der Waals surface area (Å²) < 4.78 is 17.9. The minimum atomic E-state index is -0.847. The highest BCUT2D eigenvalue weighted by molar-refractivity contribution is 7.99. The number of hydrogen-bond acceptors (Lipinski definition) is 8. The molecule has 44 heavy (non-hydrogen) atoms. The van der Waals surface area contributed by atoms with E-state index >= 15 is 0 Å². The zero-order valence-electron chi connectivity index (χ0n) is 24.7. The van der Waals surface area contributed by atoms with E-state index in [1.54, 1.807) is 24.9 Å². The molecule has 1 saturated heterocycles. The number of carbonyl (C=O) groups is 2. The van der Waals surface area contributed by atoms with Gasteiger partial charge >= 0.3 is 5.97 Å². The van der Waals surface area contributed by atoms with E-state index in [-0.39, 0.29) is 24.7 Å². The van der Waals surface area contributed by atoms with Crippen molar-refractivity contribution in [3.8, 4) is 11.1 Å². The lowest BCUT2D eigenvalue weighted by molar-refractivity contribution is -0.245. The third-order valence-corrected chi connectivity index (χ3v) is 8.37. The van der Waals surface area contributed by atoms with Gasteiger partial charge in [0, 0.05) is 37.4 Å². The lowest BCUT2D eigenvalue weighted by atomic mass is 9.99. The Kier molecular flexibility index (Phi) is 10.8. The van der Waals surface area contributed by atoms with E-state index in [4.69, 9.17) is 14.2 Å². The highest BCUT2D eigenvalue weighted by atomic mass is 32.2. The maximum absolute atomic E-state index is 12.2. The summed E-state index contributed by atoms with van der Waals surface area (Å²) in [5.41, 5.74) is 5.78. The van der Waals surface area contributed by atoms with Crippen LogP contribution in [0.15, 0.2) is 102 Å². The Morgan fingerprint density at radius 2 is 1.73 bits per heavy atom. The maximum atomic E-state index is 12.2.